The van der Waals surface area contributed by atoms with Crippen molar-refractivity contribution >= 4 is 10.0 Å². The van der Waals surface area contributed by atoms with Gasteiger partial charge in [-0.25, -0.2) is 8.42 Å². The molecule has 0 aliphatic carbocycles. The van der Waals surface area contributed by atoms with Gasteiger partial charge in [0.2, 0.25) is 10.0 Å². The molecule has 0 heterocycles. The third-order valence-corrected chi connectivity index (χ3v) is 2.68. The van der Waals surface area contributed by atoms with Gasteiger partial charge in [-0.1, -0.05) is 4.47 Å². The highest BCUT2D eigenvalue weighted by Gasteiger charge is 2.12. The molecule has 0 spiro atoms. The van der Waals surface area contributed by atoms with E-state index in [9.17, 15) is 8.42 Å². The molecular weight excluding hydrogens is 142 g/mol. The van der Waals surface area contributed by atoms with Crippen LogP contribution in [0, 0.1) is 0 Å². The zero-order valence-corrected chi connectivity index (χ0v) is 6.60. The molecule has 0 radical (unpaired) electrons. The van der Waals surface area contributed by atoms with E-state index in [0.29, 0.717) is 0 Å². The first-order valence-electron chi connectivity index (χ1n) is 2.55. The summed E-state index contributed by atoms with van der Waals surface area (Å²) in [7, 11) is -0.464. The van der Waals surface area contributed by atoms with Crippen LogP contribution < -0.4 is 0 Å². The van der Waals surface area contributed by atoms with E-state index in [4.69, 9.17) is 0 Å². The molecule has 0 saturated carbocycles. The van der Waals surface area contributed by atoms with E-state index < -0.39 is 10.0 Å². The highest BCUT2D eigenvalue weighted by molar-refractivity contribution is 7.88. The molecule has 0 fully saturated rings. The maximum absolute atomic E-state index is 10.7. The molecule has 0 aromatic rings. The van der Waals surface area contributed by atoms with Crippen LogP contribution >= 0.6 is 0 Å². The van der Waals surface area contributed by atoms with Gasteiger partial charge in [0.05, 0.1) is 12.9 Å². The molecule has 0 aromatic carbocycles. The van der Waals surface area contributed by atoms with Crippen LogP contribution in [-0.2, 0) is 14.9 Å². The number of rotatable bonds is 3. The van der Waals surface area contributed by atoms with Crippen molar-refractivity contribution in [3.63, 3.8) is 0 Å². The maximum atomic E-state index is 10.7. The summed E-state index contributed by atoms with van der Waals surface area (Å²) < 4.78 is 22.3. The van der Waals surface area contributed by atoms with Gasteiger partial charge in [0.15, 0.2) is 0 Å². The summed E-state index contributed by atoms with van der Waals surface area (Å²) >= 11 is 0. The summed E-state index contributed by atoms with van der Waals surface area (Å²) in [5.74, 6) is 0.0668. The van der Waals surface area contributed by atoms with E-state index in [1.807, 2.05) is 0 Å². The van der Waals surface area contributed by atoms with Crippen molar-refractivity contribution in [2.75, 3.05) is 19.9 Å². The van der Waals surface area contributed by atoms with Crippen molar-refractivity contribution in [3.05, 3.63) is 0 Å². The quantitative estimate of drug-likeness (QED) is 0.529. The fourth-order valence-electron chi connectivity index (χ4n) is 0.295. The molecule has 0 rings (SSSR count). The summed E-state index contributed by atoms with van der Waals surface area (Å²) in [4.78, 5) is 4.45. The van der Waals surface area contributed by atoms with Gasteiger partial charge in [-0.2, -0.15) is 0 Å². The zero-order chi connectivity index (χ0) is 7.49. The van der Waals surface area contributed by atoms with Crippen LogP contribution in [-0.4, -0.2) is 32.8 Å². The minimum atomic E-state index is -3.14. The molecule has 0 bridgehead atoms. The highest BCUT2D eigenvalue weighted by atomic mass is 32.2. The first-order chi connectivity index (χ1) is 4.04. The normalized spacial score (nSPS) is 12.4. The van der Waals surface area contributed by atoms with E-state index in [2.05, 4.69) is 4.84 Å². The Labute approximate surface area is 55.4 Å². The Morgan fingerprint density at radius 3 is 2.11 bits per heavy atom. The summed E-state index contributed by atoms with van der Waals surface area (Å²) in [6.07, 6.45) is 0. The van der Waals surface area contributed by atoms with Crippen LogP contribution in [0.2, 0.25) is 0 Å². The number of hydroxylamine groups is 1. The van der Waals surface area contributed by atoms with Crippen molar-refractivity contribution < 1.29 is 13.3 Å². The second kappa shape index (κ2) is 3.14. The molecule has 9 heavy (non-hydrogen) atoms. The number of sulfonamides is 1. The van der Waals surface area contributed by atoms with Crippen LogP contribution in [0.25, 0.3) is 0 Å². The van der Waals surface area contributed by atoms with Crippen LogP contribution in [0.3, 0.4) is 0 Å². The van der Waals surface area contributed by atoms with Gasteiger partial charge in [0.1, 0.15) is 0 Å². The van der Waals surface area contributed by atoms with Crippen molar-refractivity contribution in [2.24, 2.45) is 0 Å². The average Bonchev–Trinajstić information content (AvgIpc) is 1.86. The van der Waals surface area contributed by atoms with E-state index >= 15 is 0 Å². The van der Waals surface area contributed by atoms with Crippen molar-refractivity contribution in [3.8, 4) is 0 Å². The van der Waals surface area contributed by atoms with Crippen molar-refractivity contribution in [1.29, 1.82) is 0 Å². The Balaban J connectivity index is 4.17. The second-order valence-corrected chi connectivity index (χ2v) is 3.75. The zero-order valence-electron chi connectivity index (χ0n) is 5.79. The number of hydrogen-bond donors (Lipinski definition) is 0. The molecule has 0 aromatic heterocycles. The molecule has 0 atom stereocenters. The molecule has 4 nitrogen and oxygen atoms in total. The Bertz CT molecular complexity index is 163. The lowest BCUT2D eigenvalue weighted by molar-refractivity contribution is -0.0256. The maximum Gasteiger partial charge on any atom is 0.235 e. The minimum Gasteiger partial charge on any atom is -0.288 e. The third kappa shape index (κ3) is 2.30. The van der Waals surface area contributed by atoms with Gasteiger partial charge in [-0.05, 0) is 6.92 Å². The third-order valence-electron chi connectivity index (χ3n) is 1.01. The largest absolute Gasteiger partial charge is 0.288 e. The van der Waals surface area contributed by atoms with E-state index in [1.54, 1.807) is 6.92 Å². The Kier molecular flexibility index (Phi) is 3.10. The molecule has 56 valence electrons. The van der Waals surface area contributed by atoms with E-state index in [0.717, 1.165) is 4.47 Å². The highest BCUT2D eigenvalue weighted by Crippen LogP contribution is 1.94. The van der Waals surface area contributed by atoms with Crippen molar-refractivity contribution in [1.82, 2.24) is 4.47 Å². The van der Waals surface area contributed by atoms with Crippen LogP contribution in [0.5, 0.6) is 0 Å². The van der Waals surface area contributed by atoms with Gasteiger partial charge in [0.25, 0.3) is 0 Å². The van der Waals surface area contributed by atoms with Crippen LogP contribution in [0.4, 0.5) is 0 Å². The lowest BCUT2D eigenvalue weighted by Crippen LogP contribution is -2.26. The Hall–Kier alpha value is -0.130. The average molecular weight is 153 g/mol. The molecule has 0 amide bonds. The monoisotopic (exact) mass is 153 g/mol. The lowest BCUT2D eigenvalue weighted by Gasteiger charge is -2.11. The summed E-state index contributed by atoms with van der Waals surface area (Å²) in [5, 5.41) is 0. The number of nitrogens with zero attached hydrogens (tertiary/aromatic N) is 1. The molecule has 0 aliphatic rings. The standard InChI is InChI=1S/C4H11NO3S/c1-4-9(6,7)5(2)8-3/h4H2,1-3H3. The lowest BCUT2D eigenvalue weighted by atomic mass is 11.0. The van der Waals surface area contributed by atoms with Gasteiger partial charge >= 0.3 is 0 Å². The van der Waals surface area contributed by atoms with Gasteiger partial charge in [0, 0.05) is 7.05 Å². The Morgan fingerprint density at radius 1 is 1.56 bits per heavy atom. The molecule has 0 saturated heterocycles. The van der Waals surface area contributed by atoms with Gasteiger partial charge in [-0.3, -0.25) is 4.84 Å². The van der Waals surface area contributed by atoms with Crippen molar-refractivity contribution in [2.45, 2.75) is 6.92 Å². The molecule has 0 N–H and O–H groups in total. The van der Waals surface area contributed by atoms with E-state index in [-0.39, 0.29) is 5.75 Å². The molecule has 0 unspecified atom stereocenters. The Morgan fingerprint density at radius 2 is 2.00 bits per heavy atom. The fourth-order valence-corrected chi connectivity index (χ4v) is 0.886. The predicted molar refractivity (Wildman–Crippen MR) is 34.2 cm³/mol. The summed E-state index contributed by atoms with van der Waals surface area (Å²) in [6, 6.07) is 0. The van der Waals surface area contributed by atoms with Gasteiger partial charge < -0.3 is 0 Å². The first kappa shape index (κ1) is 8.87. The second-order valence-electron chi connectivity index (χ2n) is 1.49. The smallest absolute Gasteiger partial charge is 0.235 e. The minimum absolute atomic E-state index is 0.0668. The number of hydrogen-bond acceptors (Lipinski definition) is 3. The molecule has 5 heteroatoms. The summed E-state index contributed by atoms with van der Waals surface area (Å²) in [6.45, 7) is 1.56. The topological polar surface area (TPSA) is 46.6 Å². The first-order valence-corrected chi connectivity index (χ1v) is 4.16. The fraction of sp³-hybridized carbons (Fsp3) is 1.00. The summed E-state index contributed by atoms with van der Waals surface area (Å²) in [5.41, 5.74) is 0. The molecular formula is C4H11NO3S. The van der Waals surface area contributed by atoms with E-state index in [1.165, 1.54) is 14.2 Å². The van der Waals surface area contributed by atoms with Crippen LogP contribution in [0.1, 0.15) is 6.92 Å². The predicted octanol–water partition coefficient (Wildman–Crippen LogP) is -0.171. The SMILES string of the molecule is CCS(=O)(=O)N(C)OC. The van der Waals surface area contributed by atoms with Gasteiger partial charge in [-0.15, -0.1) is 0 Å². The molecule has 0 aliphatic heterocycles. The van der Waals surface area contributed by atoms with Crippen LogP contribution in [0.15, 0.2) is 0 Å².